The molecule has 1 aromatic rings. The van der Waals surface area contributed by atoms with Crippen molar-refractivity contribution < 1.29 is 9.59 Å². The number of urea groups is 1. The fraction of sp³-hybridized carbons (Fsp3) is 0.636. The first-order valence-electron chi connectivity index (χ1n) is 10.1. The van der Waals surface area contributed by atoms with Crippen LogP contribution in [0.25, 0.3) is 0 Å². The average Bonchev–Trinajstić information content (AvgIpc) is 2.87. The number of carbonyl (C=O) groups is 2. The molecule has 27 heavy (non-hydrogen) atoms. The van der Waals surface area contributed by atoms with Crippen LogP contribution < -0.4 is 5.32 Å². The van der Waals surface area contributed by atoms with Gasteiger partial charge in [0, 0.05) is 6.54 Å². The minimum absolute atomic E-state index is 0.0415. The molecule has 0 aromatic heterocycles. The highest BCUT2D eigenvalue weighted by Crippen LogP contribution is 2.45. The van der Waals surface area contributed by atoms with Crippen LogP contribution in [0.3, 0.4) is 0 Å². The van der Waals surface area contributed by atoms with Crippen molar-refractivity contribution in [3.05, 3.63) is 35.9 Å². The molecule has 1 aliphatic carbocycles. The minimum Gasteiger partial charge on any atom is -0.323 e. The van der Waals surface area contributed by atoms with E-state index in [9.17, 15) is 9.59 Å². The van der Waals surface area contributed by atoms with Crippen LogP contribution in [0, 0.1) is 11.3 Å². The maximum absolute atomic E-state index is 13.1. The summed E-state index contributed by atoms with van der Waals surface area (Å²) in [5.41, 5.74) is 0.789. The van der Waals surface area contributed by atoms with Gasteiger partial charge in [-0.2, -0.15) is 0 Å². The lowest BCUT2D eigenvalue weighted by Gasteiger charge is -2.42. The zero-order valence-corrected chi connectivity index (χ0v) is 17.1. The van der Waals surface area contributed by atoms with E-state index in [0.29, 0.717) is 24.5 Å². The van der Waals surface area contributed by atoms with Crippen molar-refractivity contribution in [2.45, 2.75) is 65.0 Å². The Morgan fingerprint density at radius 2 is 1.81 bits per heavy atom. The van der Waals surface area contributed by atoms with E-state index >= 15 is 0 Å². The molecule has 5 heteroatoms. The SMILES string of the molecule is CCC(C)(C)C1CCC2(CC1)NC(=O)N(CN(C)Cc1ccccc1)C2=O. The number of imide groups is 1. The van der Waals surface area contributed by atoms with Crippen LogP contribution in [0.4, 0.5) is 4.79 Å². The Hall–Kier alpha value is -1.88. The van der Waals surface area contributed by atoms with E-state index in [0.717, 1.165) is 32.1 Å². The van der Waals surface area contributed by atoms with Gasteiger partial charge in [0.2, 0.25) is 0 Å². The predicted octanol–water partition coefficient (Wildman–Crippen LogP) is 3.99. The molecule has 1 N–H and O–H groups in total. The number of rotatable bonds is 6. The number of amides is 3. The molecule has 1 heterocycles. The Kier molecular flexibility index (Phi) is 5.61. The number of hydrogen-bond donors (Lipinski definition) is 1. The van der Waals surface area contributed by atoms with Crippen molar-refractivity contribution in [3.8, 4) is 0 Å². The predicted molar refractivity (Wildman–Crippen MR) is 107 cm³/mol. The summed E-state index contributed by atoms with van der Waals surface area (Å²) in [7, 11) is 1.94. The molecule has 2 fully saturated rings. The minimum atomic E-state index is -0.676. The first-order chi connectivity index (χ1) is 12.8. The zero-order valence-electron chi connectivity index (χ0n) is 17.1. The Balaban J connectivity index is 1.62. The van der Waals surface area contributed by atoms with Gasteiger partial charge in [-0.05, 0) is 49.6 Å². The van der Waals surface area contributed by atoms with Crippen molar-refractivity contribution >= 4 is 11.9 Å². The molecule has 0 unspecified atom stereocenters. The highest BCUT2D eigenvalue weighted by molar-refractivity contribution is 6.07. The molecular weight excluding hydrogens is 338 g/mol. The van der Waals surface area contributed by atoms with Gasteiger partial charge in [0.05, 0.1) is 6.67 Å². The molecule has 1 aliphatic heterocycles. The van der Waals surface area contributed by atoms with Gasteiger partial charge in [-0.15, -0.1) is 0 Å². The van der Waals surface area contributed by atoms with Gasteiger partial charge in [0.15, 0.2) is 0 Å². The summed E-state index contributed by atoms with van der Waals surface area (Å²) in [6, 6.07) is 9.86. The molecule has 3 amide bonds. The summed E-state index contributed by atoms with van der Waals surface area (Å²) in [4.78, 5) is 29.1. The van der Waals surface area contributed by atoms with Crippen LogP contribution in [0.15, 0.2) is 30.3 Å². The highest BCUT2D eigenvalue weighted by Gasteiger charge is 2.53. The van der Waals surface area contributed by atoms with Crippen LogP contribution in [0.2, 0.25) is 0 Å². The van der Waals surface area contributed by atoms with Crippen LogP contribution in [-0.4, -0.2) is 41.0 Å². The average molecular weight is 372 g/mol. The lowest BCUT2D eigenvalue weighted by atomic mass is 9.65. The number of hydrogen-bond acceptors (Lipinski definition) is 3. The molecule has 2 aliphatic rings. The van der Waals surface area contributed by atoms with Crippen molar-refractivity contribution in [1.29, 1.82) is 0 Å². The fourth-order valence-corrected chi connectivity index (χ4v) is 4.51. The second-order valence-electron chi connectivity index (χ2n) is 9.00. The molecule has 5 nitrogen and oxygen atoms in total. The number of benzene rings is 1. The zero-order chi connectivity index (χ0) is 19.7. The standard InChI is InChI=1S/C22H33N3O2/c1-5-21(2,3)18-11-13-22(14-12-18)19(26)25(20(27)23-22)16-24(4)15-17-9-7-6-8-10-17/h6-10,18H,5,11-16H2,1-4H3,(H,23,27). The van der Waals surface area contributed by atoms with Gasteiger partial charge in [0.1, 0.15) is 5.54 Å². The maximum atomic E-state index is 13.1. The number of carbonyl (C=O) groups excluding carboxylic acids is 2. The molecular formula is C22H33N3O2. The molecule has 1 spiro atoms. The second-order valence-corrected chi connectivity index (χ2v) is 9.00. The van der Waals surface area contributed by atoms with Gasteiger partial charge in [-0.1, -0.05) is 57.5 Å². The monoisotopic (exact) mass is 371 g/mol. The van der Waals surface area contributed by atoms with Gasteiger partial charge in [-0.25, -0.2) is 9.69 Å². The normalized spacial score (nSPS) is 26.1. The molecule has 1 saturated heterocycles. The van der Waals surface area contributed by atoms with Crippen LogP contribution in [-0.2, 0) is 11.3 Å². The smallest absolute Gasteiger partial charge is 0.323 e. The van der Waals surface area contributed by atoms with Crippen molar-refractivity contribution in [3.63, 3.8) is 0 Å². The van der Waals surface area contributed by atoms with Gasteiger partial charge >= 0.3 is 6.03 Å². The molecule has 1 saturated carbocycles. The van der Waals surface area contributed by atoms with E-state index in [1.165, 1.54) is 10.5 Å². The van der Waals surface area contributed by atoms with Gasteiger partial charge in [0.25, 0.3) is 5.91 Å². The Labute approximate surface area is 163 Å². The first kappa shape index (κ1) is 19.9. The third kappa shape index (κ3) is 4.03. The highest BCUT2D eigenvalue weighted by atomic mass is 16.2. The molecule has 1 aromatic carbocycles. The van der Waals surface area contributed by atoms with E-state index in [2.05, 4.69) is 38.2 Å². The number of nitrogens with zero attached hydrogens (tertiary/aromatic N) is 2. The maximum Gasteiger partial charge on any atom is 0.326 e. The van der Waals surface area contributed by atoms with Crippen LogP contribution >= 0.6 is 0 Å². The van der Waals surface area contributed by atoms with Gasteiger partial charge in [-0.3, -0.25) is 9.69 Å². The van der Waals surface area contributed by atoms with E-state index in [1.54, 1.807) is 0 Å². The van der Waals surface area contributed by atoms with E-state index in [4.69, 9.17) is 0 Å². The molecule has 0 atom stereocenters. The van der Waals surface area contributed by atoms with Crippen molar-refractivity contribution in [2.75, 3.05) is 13.7 Å². The van der Waals surface area contributed by atoms with E-state index in [-0.39, 0.29) is 11.9 Å². The lowest BCUT2D eigenvalue weighted by molar-refractivity contribution is -0.134. The van der Waals surface area contributed by atoms with Crippen molar-refractivity contribution in [2.24, 2.45) is 11.3 Å². The summed E-state index contributed by atoms with van der Waals surface area (Å²) in [5.74, 6) is 0.577. The topological polar surface area (TPSA) is 52.7 Å². The molecule has 148 valence electrons. The largest absolute Gasteiger partial charge is 0.326 e. The Bertz CT molecular complexity index is 678. The summed E-state index contributed by atoms with van der Waals surface area (Å²) in [5, 5.41) is 3.04. The van der Waals surface area contributed by atoms with Crippen molar-refractivity contribution in [1.82, 2.24) is 15.1 Å². The second kappa shape index (κ2) is 7.63. The van der Waals surface area contributed by atoms with E-state index < -0.39 is 5.54 Å². The quantitative estimate of drug-likeness (QED) is 0.769. The lowest BCUT2D eigenvalue weighted by Crippen LogP contribution is -2.51. The molecule has 0 radical (unpaired) electrons. The van der Waals surface area contributed by atoms with Gasteiger partial charge < -0.3 is 5.32 Å². The van der Waals surface area contributed by atoms with Crippen LogP contribution in [0.5, 0.6) is 0 Å². The summed E-state index contributed by atoms with van der Waals surface area (Å²) in [6.45, 7) is 7.89. The fourth-order valence-electron chi connectivity index (χ4n) is 4.51. The summed E-state index contributed by atoms with van der Waals surface area (Å²) < 4.78 is 0. The summed E-state index contributed by atoms with van der Waals surface area (Å²) >= 11 is 0. The third-order valence-electron chi connectivity index (χ3n) is 6.78. The molecule has 3 rings (SSSR count). The Morgan fingerprint density at radius 1 is 1.19 bits per heavy atom. The van der Waals surface area contributed by atoms with E-state index in [1.807, 2.05) is 30.1 Å². The Morgan fingerprint density at radius 3 is 2.41 bits per heavy atom. The summed E-state index contributed by atoms with van der Waals surface area (Å²) in [6.07, 6.45) is 4.65. The van der Waals surface area contributed by atoms with Crippen LogP contribution in [0.1, 0.15) is 58.4 Å². The third-order valence-corrected chi connectivity index (χ3v) is 6.78. The molecule has 0 bridgehead atoms. The first-order valence-corrected chi connectivity index (χ1v) is 10.1. The number of nitrogens with one attached hydrogen (secondary N) is 1.